The van der Waals surface area contributed by atoms with Crippen molar-refractivity contribution in [3.05, 3.63) is 22.4 Å². The Labute approximate surface area is 124 Å². The highest BCUT2D eigenvalue weighted by atomic mass is 32.1. The van der Waals surface area contributed by atoms with Crippen molar-refractivity contribution < 1.29 is 4.79 Å². The number of likely N-dealkylation sites (tertiary alicyclic amines) is 1. The van der Waals surface area contributed by atoms with Gasteiger partial charge in [0, 0.05) is 17.5 Å². The van der Waals surface area contributed by atoms with Crippen LogP contribution >= 0.6 is 11.3 Å². The maximum atomic E-state index is 12.7. The number of carbonyl (C=O) groups excluding carboxylic acids is 1. The minimum absolute atomic E-state index is 0.0191. The summed E-state index contributed by atoms with van der Waals surface area (Å²) in [4.78, 5) is 18.4. The van der Waals surface area contributed by atoms with Crippen molar-refractivity contribution >= 4 is 17.2 Å². The van der Waals surface area contributed by atoms with Crippen LogP contribution in [0.15, 0.2) is 17.5 Å². The van der Waals surface area contributed by atoms with Gasteiger partial charge in [-0.1, -0.05) is 13.0 Å². The molecule has 0 aromatic carbocycles. The molecule has 20 heavy (non-hydrogen) atoms. The van der Waals surface area contributed by atoms with Crippen LogP contribution in [-0.2, 0) is 4.79 Å². The molecule has 4 nitrogen and oxygen atoms in total. The van der Waals surface area contributed by atoms with Gasteiger partial charge in [0.15, 0.2) is 0 Å². The van der Waals surface area contributed by atoms with Crippen molar-refractivity contribution in [1.29, 1.82) is 0 Å². The molecule has 3 rings (SSSR count). The molecule has 0 saturated carbocycles. The van der Waals surface area contributed by atoms with Gasteiger partial charge in [0.05, 0.1) is 6.04 Å². The first-order valence-electron chi connectivity index (χ1n) is 7.51. The summed E-state index contributed by atoms with van der Waals surface area (Å²) in [5.41, 5.74) is 0. The number of hydrogen-bond donors (Lipinski definition) is 1. The fraction of sp³-hybridized carbons (Fsp3) is 0.667. The summed E-state index contributed by atoms with van der Waals surface area (Å²) in [6, 6.07) is 4.52. The van der Waals surface area contributed by atoms with E-state index in [0.29, 0.717) is 6.04 Å². The van der Waals surface area contributed by atoms with E-state index >= 15 is 0 Å². The van der Waals surface area contributed by atoms with Gasteiger partial charge in [-0.2, -0.15) is 0 Å². The van der Waals surface area contributed by atoms with E-state index in [2.05, 4.69) is 46.6 Å². The largest absolute Gasteiger partial charge is 0.316 e. The zero-order valence-electron chi connectivity index (χ0n) is 12.2. The summed E-state index contributed by atoms with van der Waals surface area (Å²) < 4.78 is 0. The molecule has 1 aromatic heterocycles. The number of nitrogens with zero attached hydrogens (tertiary/aromatic N) is 2. The molecular weight excluding hydrogens is 270 g/mol. The monoisotopic (exact) mass is 293 g/mol. The lowest BCUT2D eigenvalue weighted by atomic mass is 10.0. The lowest BCUT2D eigenvalue weighted by Crippen LogP contribution is -2.48. The maximum absolute atomic E-state index is 12.7. The van der Waals surface area contributed by atoms with E-state index in [1.54, 1.807) is 11.3 Å². The van der Waals surface area contributed by atoms with E-state index in [-0.39, 0.29) is 18.1 Å². The Kier molecular flexibility index (Phi) is 4.10. The molecular formula is C15H23N3OS. The van der Waals surface area contributed by atoms with Gasteiger partial charge in [-0.25, -0.2) is 0 Å². The first kappa shape index (κ1) is 14.0. The Morgan fingerprint density at radius 1 is 1.50 bits per heavy atom. The van der Waals surface area contributed by atoms with Gasteiger partial charge in [-0.05, 0) is 44.3 Å². The van der Waals surface area contributed by atoms with Gasteiger partial charge in [-0.15, -0.1) is 11.3 Å². The second-order valence-electron chi connectivity index (χ2n) is 5.85. The van der Waals surface area contributed by atoms with Crippen molar-refractivity contribution in [2.75, 3.05) is 20.1 Å². The van der Waals surface area contributed by atoms with Crippen LogP contribution in [0, 0.1) is 0 Å². The molecule has 3 atom stereocenters. The number of piperidine rings is 1. The van der Waals surface area contributed by atoms with E-state index < -0.39 is 0 Å². The van der Waals surface area contributed by atoms with Gasteiger partial charge in [-0.3, -0.25) is 10.1 Å². The summed E-state index contributed by atoms with van der Waals surface area (Å²) in [6.07, 6.45) is 3.23. The quantitative estimate of drug-likeness (QED) is 0.926. The van der Waals surface area contributed by atoms with E-state index in [1.165, 1.54) is 11.3 Å². The minimum atomic E-state index is -0.0191. The highest BCUT2D eigenvalue weighted by Crippen LogP contribution is 2.33. The average molecular weight is 293 g/mol. The SMILES string of the molecule is CCC1NC(c2cccs2)N(C2CCCN(C)C2)C1=O. The van der Waals surface area contributed by atoms with Crippen molar-refractivity contribution in [2.45, 2.75) is 44.4 Å². The number of thiophene rings is 1. The van der Waals surface area contributed by atoms with E-state index in [1.807, 2.05) is 0 Å². The third-order valence-electron chi connectivity index (χ3n) is 4.40. The standard InChI is InChI=1S/C15H23N3OS/c1-3-12-15(19)18(11-6-4-8-17(2)10-11)14(16-12)13-7-5-9-20-13/h5,7,9,11-12,14,16H,3-4,6,8,10H2,1-2H3. The number of hydrogen-bond acceptors (Lipinski definition) is 4. The van der Waals surface area contributed by atoms with Gasteiger partial charge in [0.1, 0.15) is 6.17 Å². The molecule has 2 fully saturated rings. The highest BCUT2D eigenvalue weighted by Gasteiger charge is 2.43. The number of likely N-dealkylation sites (N-methyl/N-ethyl adjacent to an activating group) is 1. The molecule has 1 amide bonds. The number of carbonyl (C=O) groups is 1. The summed E-state index contributed by atoms with van der Waals surface area (Å²) in [6.45, 7) is 4.22. The average Bonchev–Trinajstić information content (AvgIpc) is 3.05. The van der Waals surface area contributed by atoms with Crippen LogP contribution in [0.2, 0.25) is 0 Å². The van der Waals surface area contributed by atoms with Crippen molar-refractivity contribution in [2.24, 2.45) is 0 Å². The first-order valence-corrected chi connectivity index (χ1v) is 8.39. The van der Waals surface area contributed by atoms with Crippen molar-refractivity contribution in [1.82, 2.24) is 15.1 Å². The summed E-state index contributed by atoms with van der Waals surface area (Å²) in [5, 5.41) is 5.61. The molecule has 110 valence electrons. The molecule has 3 heterocycles. The highest BCUT2D eigenvalue weighted by molar-refractivity contribution is 7.10. The van der Waals surface area contributed by atoms with E-state index in [4.69, 9.17) is 0 Å². The van der Waals surface area contributed by atoms with Gasteiger partial charge in [0.2, 0.25) is 5.91 Å². The fourth-order valence-electron chi connectivity index (χ4n) is 3.36. The molecule has 0 aliphatic carbocycles. The Hall–Kier alpha value is -0.910. The molecule has 2 aliphatic rings. The lowest BCUT2D eigenvalue weighted by Gasteiger charge is -2.38. The zero-order chi connectivity index (χ0) is 14.1. The van der Waals surface area contributed by atoms with Gasteiger partial charge in [0.25, 0.3) is 0 Å². The third-order valence-corrected chi connectivity index (χ3v) is 5.33. The topological polar surface area (TPSA) is 35.6 Å². The summed E-state index contributed by atoms with van der Waals surface area (Å²) >= 11 is 1.73. The van der Waals surface area contributed by atoms with Crippen LogP contribution in [0.1, 0.15) is 37.2 Å². The van der Waals surface area contributed by atoms with Crippen LogP contribution < -0.4 is 5.32 Å². The van der Waals surface area contributed by atoms with Crippen LogP contribution in [0.25, 0.3) is 0 Å². The van der Waals surface area contributed by atoms with Crippen molar-refractivity contribution in [3.8, 4) is 0 Å². The summed E-state index contributed by atoms with van der Waals surface area (Å²) in [5.74, 6) is 0.284. The van der Waals surface area contributed by atoms with Gasteiger partial charge < -0.3 is 9.80 Å². The Balaban J connectivity index is 1.85. The van der Waals surface area contributed by atoms with E-state index in [9.17, 15) is 4.79 Å². The predicted molar refractivity (Wildman–Crippen MR) is 81.6 cm³/mol. The summed E-state index contributed by atoms with van der Waals surface area (Å²) in [7, 11) is 2.15. The number of amides is 1. The maximum Gasteiger partial charge on any atom is 0.241 e. The van der Waals surface area contributed by atoms with Crippen LogP contribution in [0.3, 0.4) is 0 Å². The fourth-order valence-corrected chi connectivity index (χ4v) is 4.15. The molecule has 2 aliphatic heterocycles. The lowest BCUT2D eigenvalue weighted by molar-refractivity contribution is -0.133. The molecule has 0 spiro atoms. The molecule has 3 unspecified atom stereocenters. The van der Waals surface area contributed by atoms with Crippen LogP contribution in [0.5, 0.6) is 0 Å². The zero-order valence-corrected chi connectivity index (χ0v) is 13.0. The Bertz CT molecular complexity index is 462. The predicted octanol–water partition coefficient (Wildman–Crippen LogP) is 2.05. The van der Waals surface area contributed by atoms with Crippen molar-refractivity contribution in [3.63, 3.8) is 0 Å². The molecule has 2 saturated heterocycles. The molecule has 0 bridgehead atoms. The van der Waals surface area contributed by atoms with Crippen LogP contribution in [0.4, 0.5) is 0 Å². The Morgan fingerprint density at radius 2 is 2.35 bits per heavy atom. The smallest absolute Gasteiger partial charge is 0.241 e. The number of nitrogens with one attached hydrogen (secondary N) is 1. The second-order valence-corrected chi connectivity index (χ2v) is 6.83. The first-order chi connectivity index (χ1) is 9.70. The Morgan fingerprint density at radius 3 is 3.00 bits per heavy atom. The molecule has 0 radical (unpaired) electrons. The number of rotatable bonds is 3. The molecule has 1 N–H and O–H groups in total. The van der Waals surface area contributed by atoms with Crippen LogP contribution in [-0.4, -0.2) is 47.9 Å². The van der Waals surface area contributed by atoms with E-state index in [0.717, 1.165) is 25.9 Å². The molecule has 1 aromatic rings. The minimum Gasteiger partial charge on any atom is -0.316 e. The third kappa shape index (κ3) is 2.50. The normalized spacial score (nSPS) is 32.0. The second kappa shape index (κ2) is 5.84. The van der Waals surface area contributed by atoms with Gasteiger partial charge >= 0.3 is 0 Å². The molecule has 5 heteroatoms.